The van der Waals surface area contributed by atoms with E-state index in [1.807, 2.05) is 6.92 Å². The molecule has 5 heteroatoms. The molecule has 0 aliphatic heterocycles. The summed E-state index contributed by atoms with van der Waals surface area (Å²) >= 11 is 0. The Morgan fingerprint density at radius 2 is 1.88 bits per heavy atom. The van der Waals surface area contributed by atoms with Crippen LogP contribution in [-0.4, -0.2) is 29.5 Å². The second-order valence-corrected chi connectivity index (χ2v) is 9.16. The van der Waals surface area contributed by atoms with Crippen LogP contribution in [0.15, 0.2) is 11.7 Å². The van der Waals surface area contributed by atoms with E-state index in [4.69, 9.17) is 5.73 Å². The van der Waals surface area contributed by atoms with E-state index in [-0.39, 0.29) is 35.9 Å². The van der Waals surface area contributed by atoms with Crippen molar-refractivity contribution in [2.75, 3.05) is 13.2 Å². The number of fused-ring (bicyclic) bond motifs is 1. The number of nitrogens with two attached hydrogens (primary N) is 1. The molecule has 3 saturated carbocycles. The Labute approximate surface area is 149 Å². The average Bonchev–Trinajstić information content (AvgIpc) is 2.93. The van der Waals surface area contributed by atoms with Gasteiger partial charge in [-0.05, 0) is 86.0 Å². The van der Waals surface area contributed by atoms with E-state index in [1.165, 1.54) is 0 Å². The van der Waals surface area contributed by atoms with Crippen LogP contribution in [0.25, 0.3) is 0 Å². The van der Waals surface area contributed by atoms with Crippen LogP contribution >= 0.6 is 0 Å². The summed E-state index contributed by atoms with van der Waals surface area (Å²) < 4.78 is 26.9. The molecule has 3 aliphatic carbocycles. The van der Waals surface area contributed by atoms with Crippen molar-refractivity contribution in [3.63, 3.8) is 0 Å². The Morgan fingerprint density at radius 3 is 2.48 bits per heavy atom. The third kappa shape index (κ3) is 2.96. The zero-order chi connectivity index (χ0) is 18.4. The summed E-state index contributed by atoms with van der Waals surface area (Å²) in [4.78, 5) is 0. The standard InChI is InChI=1S/C20H33F2NO2/c1-19(7-5-13(25)9-12(19)11-24)16-6-8-20(2)15(14(16)10-23)3-4-17(20)18(21)22/h12-16,24-25H,3-11,23H2,1-2H3/t12-,13+,14-,15?,16?,19+,20+/m1/s1. The Balaban J connectivity index is 1.91. The average molecular weight is 357 g/mol. The van der Waals surface area contributed by atoms with E-state index in [0.717, 1.165) is 32.1 Å². The van der Waals surface area contributed by atoms with E-state index in [9.17, 15) is 19.0 Å². The molecule has 0 amide bonds. The molecule has 2 unspecified atom stereocenters. The van der Waals surface area contributed by atoms with Gasteiger partial charge in [-0.1, -0.05) is 13.8 Å². The number of allylic oxidation sites excluding steroid dienone is 1. The first kappa shape index (κ1) is 19.2. The molecule has 3 rings (SSSR count). The molecular weight excluding hydrogens is 324 g/mol. The van der Waals surface area contributed by atoms with E-state index in [2.05, 4.69) is 6.92 Å². The van der Waals surface area contributed by atoms with Crippen molar-refractivity contribution in [2.45, 2.75) is 64.9 Å². The summed E-state index contributed by atoms with van der Waals surface area (Å²) in [5, 5.41) is 20.0. The fraction of sp³-hybridized carbons (Fsp3) is 0.900. The fourth-order valence-corrected chi connectivity index (χ4v) is 6.73. The van der Waals surface area contributed by atoms with Gasteiger partial charge in [-0.3, -0.25) is 0 Å². The second-order valence-electron chi connectivity index (χ2n) is 9.16. The minimum absolute atomic E-state index is 0.0639. The Hall–Kier alpha value is -0.520. The molecule has 0 saturated heterocycles. The molecule has 3 aliphatic rings. The van der Waals surface area contributed by atoms with Crippen LogP contribution in [0.5, 0.6) is 0 Å². The number of hydrogen-bond donors (Lipinski definition) is 3. The maximum Gasteiger partial charge on any atom is 0.270 e. The first-order valence-corrected chi connectivity index (χ1v) is 9.81. The maximum absolute atomic E-state index is 13.5. The van der Waals surface area contributed by atoms with Gasteiger partial charge < -0.3 is 15.9 Å². The summed E-state index contributed by atoms with van der Waals surface area (Å²) in [6.07, 6.45) is 3.40. The number of halogens is 2. The van der Waals surface area contributed by atoms with Crippen molar-refractivity contribution in [2.24, 2.45) is 40.2 Å². The smallest absolute Gasteiger partial charge is 0.270 e. The molecule has 0 aromatic rings. The van der Waals surface area contributed by atoms with E-state index in [0.29, 0.717) is 30.9 Å². The minimum atomic E-state index is -1.49. The van der Waals surface area contributed by atoms with Gasteiger partial charge >= 0.3 is 0 Å². The van der Waals surface area contributed by atoms with E-state index < -0.39 is 11.5 Å². The van der Waals surface area contributed by atoms with Crippen molar-refractivity contribution >= 4 is 0 Å². The lowest BCUT2D eigenvalue weighted by Crippen LogP contribution is -2.52. The highest BCUT2D eigenvalue weighted by atomic mass is 19.3. The maximum atomic E-state index is 13.5. The minimum Gasteiger partial charge on any atom is -0.396 e. The third-order valence-electron chi connectivity index (χ3n) is 8.29. The lowest BCUT2D eigenvalue weighted by Gasteiger charge is -2.56. The van der Waals surface area contributed by atoms with Crippen LogP contribution in [0.2, 0.25) is 0 Å². The largest absolute Gasteiger partial charge is 0.396 e. The molecular formula is C20H33F2NO2. The first-order valence-electron chi connectivity index (χ1n) is 9.81. The Kier molecular flexibility index (Phi) is 5.31. The highest BCUT2D eigenvalue weighted by molar-refractivity contribution is 5.24. The topological polar surface area (TPSA) is 66.5 Å². The van der Waals surface area contributed by atoms with Crippen molar-refractivity contribution in [3.8, 4) is 0 Å². The van der Waals surface area contributed by atoms with Gasteiger partial charge in [-0.15, -0.1) is 0 Å². The molecule has 144 valence electrons. The lowest BCUT2D eigenvalue weighted by atomic mass is 9.49. The molecule has 0 aromatic carbocycles. The Morgan fingerprint density at radius 1 is 1.16 bits per heavy atom. The molecule has 4 N–H and O–H groups in total. The molecule has 25 heavy (non-hydrogen) atoms. The summed E-state index contributed by atoms with van der Waals surface area (Å²) in [5.74, 6) is 0.817. The van der Waals surface area contributed by atoms with Crippen LogP contribution in [0, 0.1) is 34.5 Å². The highest BCUT2D eigenvalue weighted by Gasteiger charge is 2.57. The summed E-state index contributed by atoms with van der Waals surface area (Å²) in [6, 6.07) is 0. The first-order chi connectivity index (χ1) is 11.8. The summed E-state index contributed by atoms with van der Waals surface area (Å²) in [7, 11) is 0. The molecule has 3 nitrogen and oxygen atoms in total. The molecule has 3 fully saturated rings. The van der Waals surface area contributed by atoms with Gasteiger partial charge in [-0.2, -0.15) is 8.78 Å². The molecule has 0 spiro atoms. The normalized spacial score (nSPS) is 47.6. The van der Waals surface area contributed by atoms with Crippen LogP contribution in [0.4, 0.5) is 8.78 Å². The van der Waals surface area contributed by atoms with Gasteiger partial charge in [0.1, 0.15) is 0 Å². The lowest BCUT2D eigenvalue weighted by molar-refractivity contribution is -0.0920. The van der Waals surface area contributed by atoms with Crippen molar-refractivity contribution in [1.82, 2.24) is 0 Å². The summed E-state index contributed by atoms with van der Waals surface area (Å²) in [5.41, 5.74) is 6.07. The van der Waals surface area contributed by atoms with Crippen LogP contribution in [0.3, 0.4) is 0 Å². The van der Waals surface area contributed by atoms with Gasteiger partial charge in [0, 0.05) is 12.2 Å². The van der Waals surface area contributed by atoms with Crippen LogP contribution in [0.1, 0.15) is 58.8 Å². The molecule has 0 bridgehead atoms. The molecule has 0 aromatic heterocycles. The van der Waals surface area contributed by atoms with Crippen LogP contribution < -0.4 is 5.73 Å². The predicted molar refractivity (Wildman–Crippen MR) is 93.9 cm³/mol. The summed E-state index contributed by atoms with van der Waals surface area (Å²) in [6.45, 7) is 4.83. The van der Waals surface area contributed by atoms with Gasteiger partial charge in [0.15, 0.2) is 0 Å². The van der Waals surface area contributed by atoms with Crippen molar-refractivity contribution < 1.29 is 19.0 Å². The zero-order valence-corrected chi connectivity index (χ0v) is 15.5. The van der Waals surface area contributed by atoms with Gasteiger partial charge in [-0.25, -0.2) is 0 Å². The SMILES string of the molecule is C[C@]12CCC([C@@]3(C)CC[C@H](O)C[C@@H]3CO)[C@H](CN)C1CCC2=C(F)F. The molecule has 0 radical (unpaired) electrons. The van der Waals surface area contributed by atoms with Crippen molar-refractivity contribution in [1.29, 1.82) is 0 Å². The number of hydrogen-bond acceptors (Lipinski definition) is 3. The van der Waals surface area contributed by atoms with Gasteiger partial charge in [0.2, 0.25) is 0 Å². The molecule has 0 heterocycles. The fourth-order valence-electron chi connectivity index (χ4n) is 6.73. The highest BCUT2D eigenvalue weighted by Crippen LogP contribution is 2.64. The monoisotopic (exact) mass is 357 g/mol. The number of rotatable bonds is 3. The quantitative estimate of drug-likeness (QED) is 0.721. The predicted octanol–water partition coefficient (Wildman–Crippen LogP) is 3.70. The Bertz CT molecular complexity index is 536. The van der Waals surface area contributed by atoms with E-state index in [1.54, 1.807) is 0 Å². The molecule has 7 atom stereocenters. The third-order valence-corrected chi connectivity index (χ3v) is 8.29. The van der Waals surface area contributed by atoms with E-state index >= 15 is 0 Å². The van der Waals surface area contributed by atoms with Crippen LogP contribution in [-0.2, 0) is 0 Å². The number of aliphatic hydroxyl groups is 2. The van der Waals surface area contributed by atoms with Gasteiger partial charge in [0.25, 0.3) is 6.08 Å². The van der Waals surface area contributed by atoms with Crippen molar-refractivity contribution in [3.05, 3.63) is 11.7 Å². The second kappa shape index (κ2) is 6.90. The van der Waals surface area contributed by atoms with Gasteiger partial charge in [0.05, 0.1) is 6.10 Å². The zero-order valence-electron chi connectivity index (χ0n) is 15.5. The number of aliphatic hydroxyl groups excluding tert-OH is 2.